The van der Waals surface area contributed by atoms with Crippen LogP contribution in [0.5, 0.6) is 0 Å². The smallest absolute Gasteiger partial charge is 0.294 e. The van der Waals surface area contributed by atoms with Crippen molar-refractivity contribution in [2.24, 2.45) is 0 Å². The van der Waals surface area contributed by atoms with Gasteiger partial charge in [-0.2, -0.15) is 0 Å². The molecule has 0 atom stereocenters. The summed E-state index contributed by atoms with van der Waals surface area (Å²) in [6, 6.07) is 25.9. The van der Waals surface area contributed by atoms with E-state index in [1.165, 1.54) is 6.07 Å². The molecule has 0 spiro atoms. The number of nitro benzene ring substituents is 1. The molecule has 1 heterocycles. The molecular formula is C28H16ClN3O4. The van der Waals surface area contributed by atoms with E-state index in [1.807, 2.05) is 30.3 Å². The fraction of sp³-hybridized carbons (Fsp3) is 0. The second-order valence-electron chi connectivity index (χ2n) is 8.39. The molecule has 1 aliphatic heterocycles. The first-order valence-corrected chi connectivity index (χ1v) is 11.4. The lowest BCUT2D eigenvalue weighted by atomic mass is 9.91. The summed E-state index contributed by atoms with van der Waals surface area (Å²) in [5, 5.41) is 18.1. The Hall–Kier alpha value is -4.75. The van der Waals surface area contributed by atoms with E-state index in [0.29, 0.717) is 27.2 Å². The first kappa shape index (κ1) is 21.8. The number of amides is 2. The van der Waals surface area contributed by atoms with E-state index in [-0.39, 0.29) is 22.5 Å². The Morgan fingerprint density at radius 3 is 2.28 bits per heavy atom. The molecule has 174 valence electrons. The summed E-state index contributed by atoms with van der Waals surface area (Å²) in [4.78, 5) is 40.0. The maximum atomic E-state index is 13.7. The molecule has 0 radical (unpaired) electrons. The van der Waals surface area contributed by atoms with Crippen molar-refractivity contribution >= 4 is 67.7 Å². The van der Waals surface area contributed by atoms with Gasteiger partial charge in [-0.1, -0.05) is 66.2 Å². The van der Waals surface area contributed by atoms with E-state index < -0.39 is 16.7 Å². The van der Waals surface area contributed by atoms with Crippen LogP contribution >= 0.6 is 11.6 Å². The molecule has 5 aromatic carbocycles. The molecule has 7 nitrogen and oxygen atoms in total. The van der Waals surface area contributed by atoms with Gasteiger partial charge in [-0.15, -0.1) is 0 Å². The summed E-state index contributed by atoms with van der Waals surface area (Å²) in [6.07, 6.45) is 0. The van der Waals surface area contributed by atoms with Gasteiger partial charge in [0.2, 0.25) is 0 Å². The average Bonchev–Trinajstić information content (AvgIpc) is 2.88. The second-order valence-corrected chi connectivity index (χ2v) is 8.79. The van der Waals surface area contributed by atoms with Crippen LogP contribution < -0.4 is 10.2 Å². The summed E-state index contributed by atoms with van der Waals surface area (Å²) in [5.41, 5.74) is 1.10. The summed E-state index contributed by atoms with van der Waals surface area (Å²) in [7, 11) is 0. The molecule has 0 unspecified atom stereocenters. The van der Waals surface area contributed by atoms with E-state index in [9.17, 15) is 19.7 Å². The van der Waals surface area contributed by atoms with Gasteiger partial charge in [-0.3, -0.25) is 19.7 Å². The van der Waals surface area contributed by atoms with Crippen molar-refractivity contribution in [3.8, 4) is 0 Å². The van der Waals surface area contributed by atoms with Crippen LogP contribution in [0, 0.1) is 10.1 Å². The highest BCUT2D eigenvalue weighted by atomic mass is 35.5. The molecule has 8 heteroatoms. The number of nitrogens with one attached hydrogen (secondary N) is 1. The van der Waals surface area contributed by atoms with Gasteiger partial charge in [-0.05, 0) is 41.1 Å². The van der Waals surface area contributed by atoms with Gasteiger partial charge < -0.3 is 5.32 Å². The predicted octanol–water partition coefficient (Wildman–Crippen LogP) is 7.10. The van der Waals surface area contributed by atoms with Crippen LogP contribution in [0.4, 0.5) is 22.7 Å². The van der Waals surface area contributed by atoms with Crippen molar-refractivity contribution in [2.45, 2.75) is 0 Å². The van der Waals surface area contributed by atoms with Crippen molar-refractivity contribution in [2.75, 3.05) is 10.2 Å². The topological polar surface area (TPSA) is 92.5 Å². The standard InChI is InChI=1S/C28H16ClN3O4/c29-22-10-3-4-11-23(22)30-26-19-8-5-9-20-25(19)21(15-24(26)32(35)36)28(34)31(27(20)33)18-13-12-16-6-1-2-7-17(16)14-18/h1-15,30H. The zero-order valence-corrected chi connectivity index (χ0v) is 19.3. The molecule has 5 aromatic rings. The number of nitrogens with zero attached hydrogens (tertiary/aromatic N) is 2. The molecule has 2 amide bonds. The molecule has 1 N–H and O–H groups in total. The predicted molar refractivity (Wildman–Crippen MR) is 140 cm³/mol. The maximum absolute atomic E-state index is 13.7. The Labute approximate surface area is 209 Å². The summed E-state index contributed by atoms with van der Waals surface area (Å²) >= 11 is 6.29. The summed E-state index contributed by atoms with van der Waals surface area (Å²) in [5.74, 6) is -1.11. The zero-order valence-electron chi connectivity index (χ0n) is 18.6. The normalized spacial score (nSPS) is 12.9. The van der Waals surface area contributed by atoms with Crippen molar-refractivity contribution in [1.29, 1.82) is 0 Å². The van der Waals surface area contributed by atoms with Crippen LogP contribution in [0.3, 0.4) is 0 Å². The number of benzene rings is 5. The van der Waals surface area contributed by atoms with Crippen molar-refractivity contribution in [3.63, 3.8) is 0 Å². The number of rotatable bonds is 4. The highest BCUT2D eigenvalue weighted by Gasteiger charge is 2.37. The number of fused-ring (bicyclic) bond motifs is 1. The minimum absolute atomic E-state index is 0.0877. The molecule has 0 saturated carbocycles. The minimum atomic E-state index is -0.619. The van der Waals surface area contributed by atoms with E-state index in [1.54, 1.807) is 54.6 Å². The third-order valence-electron chi connectivity index (χ3n) is 6.33. The molecule has 0 bridgehead atoms. The van der Waals surface area contributed by atoms with Gasteiger partial charge >= 0.3 is 0 Å². The lowest BCUT2D eigenvalue weighted by molar-refractivity contribution is -0.383. The van der Waals surface area contributed by atoms with Crippen LogP contribution in [0.1, 0.15) is 20.7 Å². The van der Waals surface area contributed by atoms with Gasteiger partial charge in [-0.25, -0.2) is 4.90 Å². The number of hydrogen-bond donors (Lipinski definition) is 1. The SMILES string of the molecule is O=C1c2cccc3c(Nc4ccccc4Cl)c([N+](=O)[O-])cc(c23)C(=O)N1c1ccc2ccccc2c1. The highest BCUT2D eigenvalue weighted by Crippen LogP contribution is 2.43. The van der Waals surface area contributed by atoms with Gasteiger partial charge in [0.05, 0.1) is 26.9 Å². The van der Waals surface area contributed by atoms with Gasteiger partial charge in [0.1, 0.15) is 5.69 Å². The third kappa shape index (κ3) is 3.29. The number of halogens is 1. The van der Waals surface area contributed by atoms with Crippen LogP contribution in [0.15, 0.2) is 91.0 Å². The van der Waals surface area contributed by atoms with E-state index in [4.69, 9.17) is 11.6 Å². The zero-order chi connectivity index (χ0) is 25.0. The van der Waals surface area contributed by atoms with Crippen molar-refractivity contribution in [3.05, 3.63) is 117 Å². The Balaban J connectivity index is 1.57. The fourth-order valence-corrected chi connectivity index (χ4v) is 4.86. The molecule has 0 aliphatic carbocycles. The first-order valence-electron chi connectivity index (χ1n) is 11.1. The monoisotopic (exact) mass is 493 g/mol. The molecule has 1 aliphatic rings. The molecule has 6 rings (SSSR count). The van der Waals surface area contributed by atoms with Crippen LogP contribution in [0.25, 0.3) is 21.5 Å². The number of nitro groups is 1. The third-order valence-corrected chi connectivity index (χ3v) is 6.66. The van der Waals surface area contributed by atoms with Gasteiger partial charge in [0.15, 0.2) is 0 Å². The molecule has 0 aromatic heterocycles. The molecule has 36 heavy (non-hydrogen) atoms. The number of hydrogen-bond acceptors (Lipinski definition) is 5. The number of carbonyl (C=O) groups is 2. The largest absolute Gasteiger partial charge is 0.348 e. The molecule has 0 saturated heterocycles. The Morgan fingerprint density at radius 1 is 0.778 bits per heavy atom. The number of imide groups is 1. The van der Waals surface area contributed by atoms with Gasteiger partial charge in [0.25, 0.3) is 17.5 Å². The summed E-state index contributed by atoms with van der Waals surface area (Å²) < 4.78 is 0. The van der Waals surface area contributed by atoms with E-state index in [0.717, 1.165) is 15.7 Å². The first-order chi connectivity index (χ1) is 17.4. The number of para-hydroxylation sites is 1. The van der Waals surface area contributed by atoms with Gasteiger partial charge in [0, 0.05) is 22.4 Å². The minimum Gasteiger partial charge on any atom is -0.348 e. The molecular weight excluding hydrogens is 478 g/mol. The number of anilines is 3. The highest BCUT2D eigenvalue weighted by molar-refractivity contribution is 6.37. The summed E-state index contributed by atoms with van der Waals surface area (Å²) in [6.45, 7) is 0. The van der Waals surface area contributed by atoms with Crippen LogP contribution in [-0.2, 0) is 0 Å². The Morgan fingerprint density at radius 2 is 1.50 bits per heavy atom. The van der Waals surface area contributed by atoms with Crippen LogP contribution in [0.2, 0.25) is 5.02 Å². The van der Waals surface area contributed by atoms with E-state index in [2.05, 4.69) is 5.32 Å². The quantitative estimate of drug-likeness (QED) is 0.164. The average molecular weight is 494 g/mol. The maximum Gasteiger partial charge on any atom is 0.294 e. The number of carbonyl (C=O) groups excluding carboxylic acids is 2. The van der Waals surface area contributed by atoms with Crippen molar-refractivity contribution in [1.82, 2.24) is 0 Å². The van der Waals surface area contributed by atoms with E-state index >= 15 is 0 Å². The lowest BCUT2D eigenvalue weighted by Crippen LogP contribution is -2.40. The second kappa shape index (κ2) is 8.18. The Kier molecular flexibility index (Phi) is 4.94. The van der Waals surface area contributed by atoms with Crippen LogP contribution in [-0.4, -0.2) is 16.7 Å². The fourth-order valence-electron chi connectivity index (χ4n) is 4.67. The molecule has 0 fully saturated rings. The Bertz CT molecular complexity index is 1770. The van der Waals surface area contributed by atoms with Crippen molar-refractivity contribution < 1.29 is 14.5 Å². The lowest BCUT2D eigenvalue weighted by Gasteiger charge is -2.28.